The Kier molecular flexibility index (Phi) is 4.15. The smallest absolute Gasteiger partial charge is 0.253 e. The number of fused-ring (bicyclic) bond motifs is 1. The number of amides is 1. The van der Waals surface area contributed by atoms with Gasteiger partial charge in [-0.3, -0.25) is 9.36 Å². The summed E-state index contributed by atoms with van der Waals surface area (Å²) in [6.07, 6.45) is 0. The van der Waals surface area contributed by atoms with Gasteiger partial charge in [0.1, 0.15) is 17.4 Å². The molecule has 1 amide bonds. The number of aromatic hydroxyl groups is 1. The van der Waals surface area contributed by atoms with Crippen LogP contribution >= 0.6 is 0 Å². The standard InChI is InChI=1S/C17H18FN5O3/c1-7-4-5-10(24)8(2)13(7)23-14(19)11(15(20)25)12-16(23)21-9(3)22-17(12)26-6-18/h4-5,24H,6,19H2,1-3H3,(H2,20,25). The van der Waals surface area contributed by atoms with Crippen LogP contribution in [-0.4, -0.2) is 32.4 Å². The number of phenolic OH excluding ortho intramolecular Hbond substituents is 1. The Hall–Kier alpha value is -3.36. The van der Waals surface area contributed by atoms with E-state index in [0.29, 0.717) is 17.1 Å². The van der Waals surface area contributed by atoms with Gasteiger partial charge in [-0.15, -0.1) is 0 Å². The molecule has 8 nitrogen and oxygen atoms in total. The van der Waals surface area contributed by atoms with E-state index in [2.05, 4.69) is 9.97 Å². The zero-order valence-electron chi connectivity index (χ0n) is 14.5. The number of hydrogen-bond acceptors (Lipinski definition) is 6. The van der Waals surface area contributed by atoms with E-state index in [9.17, 15) is 14.3 Å². The largest absolute Gasteiger partial charge is 0.508 e. The molecule has 0 radical (unpaired) electrons. The molecule has 0 unspecified atom stereocenters. The highest BCUT2D eigenvalue weighted by Gasteiger charge is 2.27. The summed E-state index contributed by atoms with van der Waals surface area (Å²) in [6.45, 7) is 3.99. The fourth-order valence-corrected chi connectivity index (χ4v) is 3.07. The number of nitrogens with two attached hydrogens (primary N) is 2. The number of nitrogen functional groups attached to an aromatic ring is 1. The Morgan fingerprint density at radius 1 is 1.31 bits per heavy atom. The second kappa shape index (κ2) is 6.17. The number of ether oxygens (including phenoxy) is 1. The van der Waals surface area contributed by atoms with Crippen LogP contribution in [0.3, 0.4) is 0 Å². The number of aryl methyl sites for hydroxylation is 2. The van der Waals surface area contributed by atoms with Crippen LogP contribution in [0.2, 0.25) is 0 Å². The normalized spacial score (nSPS) is 11.1. The third kappa shape index (κ3) is 2.48. The summed E-state index contributed by atoms with van der Waals surface area (Å²) in [5.41, 5.74) is 13.7. The first-order valence-corrected chi connectivity index (χ1v) is 7.74. The van der Waals surface area contributed by atoms with E-state index in [1.807, 2.05) is 6.92 Å². The molecule has 0 saturated heterocycles. The fourth-order valence-electron chi connectivity index (χ4n) is 3.07. The minimum atomic E-state index is -1.14. The highest BCUT2D eigenvalue weighted by Crippen LogP contribution is 2.38. The lowest BCUT2D eigenvalue weighted by Crippen LogP contribution is -2.14. The maximum absolute atomic E-state index is 12.8. The number of phenols is 1. The topological polar surface area (TPSA) is 129 Å². The van der Waals surface area contributed by atoms with Crippen molar-refractivity contribution in [2.45, 2.75) is 20.8 Å². The van der Waals surface area contributed by atoms with Gasteiger partial charge in [0.15, 0.2) is 5.65 Å². The van der Waals surface area contributed by atoms with Gasteiger partial charge < -0.3 is 21.3 Å². The van der Waals surface area contributed by atoms with Crippen molar-refractivity contribution in [1.82, 2.24) is 14.5 Å². The van der Waals surface area contributed by atoms with E-state index in [-0.39, 0.29) is 34.0 Å². The maximum Gasteiger partial charge on any atom is 0.253 e. The van der Waals surface area contributed by atoms with Gasteiger partial charge in [0.2, 0.25) is 12.7 Å². The first kappa shape index (κ1) is 17.5. The minimum Gasteiger partial charge on any atom is -0.508 e. The highest BCUT2D eigenvalue weighted by molar-refractivity contribution is 6.12. The van der Waals surface area contributed by atoms with Gasteiger partial charge in [-0.05, 0) is 32.4 Å². The molecular formula is C17H18FN5O3. The van der Waals surface area contributed by atoms with Gasteiger partial charge in [-0.1, -0.05) is 6.07 Å². The van der Waals surface area contributed by atoms with Gasteiger partial charge in [0.05, 0.1) is 16.6 Å². The second-order valence-corrected chi connectivity index (χ2v) is 5.86. The lowest BCUT2D eigenvalue weighted by molar-refractivity contribution is 0.100. The number of halogens is 1. The molecule has 1 aromatic carbocycles. The van der Waals surface area contributed by atoms with Gasteiger partial charge >= 0.3 is 0 Å². The van der Waals surface area contributed by atoms with Gasteiger partial charge in [-0.2, -0.15) is 4.98 Å². The van der Waals surface area contributed by atoms with E-state index < -0.39 is 12.8 Å². The van der Waals surface area contributed by atoms with E-state index in [1.165, 1.54) is 4.57 Å². The average Bonchev–Trinajstić information content (AvgIpc) is 2.85. The molecule has 136 valence electrons. The van der Waals surface area contributed by atoms with E-state index in [1.54, 1.807) is 26.0 Å². The number of primary amides is 1. The van der Waals surface area contributed by atoms with Crippen molar-refractivity contribution in [1.29, 1.82) is 0 Å². The number of alkyl halides is 1. The molecule has 0 spiro atoms. The number of hydrogen-bond donors (Lipinski definition) is 3. The Bertz CT molecular complexity index is 1050. The summed E-state index contributed by atoms with van der Waals surface area (Å²) in [6, 6.07) is 3.27. The molecule has 0 saturated carbocycles. The third-order valence-electron chi connectivity index (χ3n) is 4.19. The first-order valence-electron chi connectivity index (χ1n) is 7.74. The molecule has 0 aliphatic rings. The number of anilines is 1. The molecular weight excluding hydrogens is 341 g/mol. The van der Waals surface area contributed by atoms with Crippen molar-refractivity contribution in [2.75, 3.05) is 12.6 Å². The highest BCUT2D eigenvalue weighted by atomic mass is 19.1. The molecule has 9 heteroatoms. The molecule has 0 aliphatic carbocycles. The van der Waals surface area contributed by atoms with E-state index in [0.717, 1.165) is 5.56 Å². The molecule has 0 aliphatic heterocycles. The average molecular weight is 359 g/mol. The van der Waals surface area contributed by atoms with Crippen LogP contribution in [0.4, 0.5) is 10.2 Å². The van der Waals surface area contributed by atoms with E-state index in [4.69, 9.17) is 16.2 Å². The number of rotatable bonds is 4. The van der Waals surface area contributed by atoms with Crippen LogP contribution in [0.25, 0.3) is 16.7 Å². The summed E-state index contributed by atoms with van der Waals surface area (Å²) < 4.78 is 19.2. The summed E-state index contributed by atoms with van der Waals surface area (Å²) in [7, 11) is 0. The van der Waals surface area contributed by atoms with Gasteiger partial charge in [0.25, 0.3) is 5.91 Å². The second-order valence-electron chi connectivity index (χ2n) is 5.86. The number of carbonyl (C=O) groups is 1. The zero-order valence-corrected chi connectivity index (χ0v) is 14.5. The number of nitrogens with zero attached hydrogens (tertiary/aromatic N) is 3. The molecule has 3 aromatic rings. The third-order valence-corrected chi connectivity index (χ3v) is 4.19. The molecule has 5 N–H and O–H groups in total. The van der Waals surface area contributed by atoms with Gasteiger partial charge in [-0.25, -0.2) is 9.37 Å². The molecule has 3 rings (SSSR count). The minimum absolute atomic E-state index is 0.00732. The Morgan fingerprint density at radius 3 is 2.62 bits per heavy atom. The van der Waals surface area contributed by atoms with Crippen molar-refractivity contribution < 1.29 is 19.0 Å². The number of aromatic nitrogens is 3. The lowest BCUT2D eigenvalue weighted by Gasteiger charge is -2.15. The predicted molar refractivity (Wildman–Crippen MR) is 94.3 cm³/mol. The zero-order chi connectivity index (χ0) is 19.2. The molecule has 0 fully saturated rings. The van der Waals surface area contributed by atoms with E-state index >= 15 is 0 Å². The van der Waals surface area contributed by atoms with Crippen molar-refractivity contribution in [3.05, 3.63) is 34.6 Å². The van der Waals surface area contributed by atoms with Crippen LogP contribution in [0.5, 0.6) is 11.6 Å². The van der Waals surface area contributed by atoms with Crippen molar-refractivity contribution in [3.8, 4) is 17.3 Å². The molecule has 0 atom stereocenters. The number of carbonyl (C=O) groups excluding carboxylic acids is 1. The first-order chi connectivity index (χ1) is 12.3. The van der Waals surface area contributed by atoms with Crippen LogP contribution in [-0.2, 0) is 0 Å². The number of benzene rings is 1. The summed E-state index contributed by atoms with van der Waals surface area (Å²) in [5, 5.41) is 10.2. The fraction of sp³-hybridized carbons (Fsp3) is 0.235. The maximum atomic E-state index is 12.8. The quantitative estimate of drug-likeness (QED) is 0.654. The molecule has 2 aromatic heterocycles. The Labute approximate surface area is 148 Å². The van der Waals surface area contributed by atoms with Crippen molar-refractivity contribution in [3.63, 3.8) is 0 Å². The molecule has 2 heterocycles. The SMILES string of the molecule is Cc1nc(OCF)c2c(C(N)=O)c(N)n(-c3c(C)ccc(O)c3C)c2n1. The van der Waals surface area contributed by atoms with Crippen molar-refractivity contribution in [2.24, 2.45) is 5.73 Å². The summed E-state index contributed by atoms with van der Waals surface area (Å²) >= 11 is 0. The van der Waals surface area contributed by atoms with Crippen LogP contribution in [0, 0.1) is 20.8 Å². The Morgan fingerprint density at radius 2 is 2.00 bits per heavy atom. The Balaban J connectivity index is 2.55. The monoisotopic (exact) mass is 359 g/mol. The summed E-state index contributed by atoms with van der Waals surface area (Å²) in [5.74, 6) is -0.583. The molecule has 26 heavy (non-hydrogen) atoms. The van der Waals surface area contributed by atoms with Gasteiger partial charge in [0, 0.05) is 5.56 Å². The lowest BCUT2D eigenvalue weighted by atomic mass is 10.1. The van der Waals surface area contributed by atoms with Crippen LogP contribution in [0.15, 0.2) is 12.1 Å². The van der Waals surface area contributed by atoms with Crippen LogP contribution < -0.4 is 16.2 Å². The summed E-state index contributed by atoms with van der Waals surface area (Å²) in [4.78, 5) is 20.4. The van der Waals surface area contributed by atoms with Crippen molar-refractivity contribution >= 4 is 22.8 Å². The molecule has 0 bridgehead atoms. The van der Waals surface area contributed by atoms with Crippen LogP contribution in [0.1, 0.15) is 27.3 Å². The predicted octanol–water partition coefficient (Wildman–Crippen LogP) is 2.04.